The van der Waals surface area contributed by atoms with Crippen LogP contribution in [0.4, 0.5) is 11.5 Å². The predicted molar refractivity (Wildman–Crippen MR) is 66.9 cm³/mol. The molecule has 2 rings (SSSR count). The summed E-state index contributed by atoms with van der Waals surface area (Å²) in [5, 5.41) is 9.04. The van der Waals surface area contributed by atoms with Crippen LogP contribution in [-0.2, 0) is 0 Å². The number of carbonyl (C=O) groups is 1. The number of aromatic amines is 1. The van der Waals surface area contributed by atoms with Gasteiger partial charge in [-0.25, -0.2) is 0 Å². The Labute approximate surface area is 99.0 Å². The van der Waals surface area contributed by atoms with Crippen molar-refractivity contribution < 1.29 is 4.79 Å². The molecule has 0 spiro atoms. The molecule has 1 amide bonds. The van der Waals surface area contributed by atoms with E-state index in [1.165, 1.54) is 11.6 Å². The SMILES string of the molecule is Cc1ccc(NC(=O)c2cc(N)n[nH]2)cc1C. The summed E-state index contributed by atoms with van der Waals surface area (Å²) in [6.45, 7) is 4.02. The normalized spacial score (nSPS) is 10.2. The highest BCUT2D eigenvalue weighted by atomic mass is 16.1. The fourth-order valence-corrected chi connectivity index (χ4v) is 1.47. The van der Waals surface area contributed by atoms with E-state index < -0.39 is 0 Å². The number of aryl methyl sites for hydroxylation is 2. The highest BCUT2D eigenvalue weighted by Crippen LogP contribution is 2.15. The van der Waals surface area contributed by atoms with Crippen molar-refractivity contribution >= 4 is 17.4 Å². The predicted octanol–water partition coefficient (Wildman–Crippen LogP) is 1.86. The van der Waals surface area contributed by atoms with E-state index in [1.54, 1.807) is 0 Å². The quantitative estimate of drug-likeness (QED) is 0.736. The van der Waals surface area contributed by atoms with Crippen LogP contribution in [0.25, 0.3) is 0 Å². The second-order valence-electron chi connectivity index (χ2n) is 3.96. The van der Waals surface area contributed by atoms with Gasteiger partial charge in [-0.3, -0.25) is 9.89 Å². The average Bonchev–Trinajstić information content (AvgIpc) is 2.70. The van der Waals surface area contributed by atoms with Gasteiger partial charge in [0.05, 0.1) is 0 Å². The first-order chi connectivity index (χ1) is 8.06. The largest absolute Gasteiger partial charge is 0.382 e. The van der Waals surface area contributed by atoms with Crippen molar-refractivity contribution in [2.24, 2.45) is 0 Å². The molecule has 0 fully saturated rings. The van der Waals surface area contributed by atoms with E-state index in [1.807, 2.05) is 32.0 Å². The number of hydrogen-bond donors (Lipinski definition) is 3. The molecule has 0 unspecified atom stereocenters. The van der Waals surface area contributed by atoms with Crippen LogP contribution in [0.2, 0.25) is 0 Å². The molecule has 0 atom stereocenters. The van der Waals surface area contributed by atoms with Gasteiger partial charge in [0.1, 0.15) is 11.5 Å². The zero-order valence-corrected chi connectivity index (χ0v) is 9.74. The topological polar surface area (TPSA) is 83.8 Å². The summed E-state index contributed by atoms with van der Waals surface area (Å²) < 4.78 is 0. The monoisotopic (exact) mass is 230 g/mol. The molecule has 0 saturated heterocycles. The van der Waals surface area contributed by atoms with Crippen molar-refractivity contribution in [1.82, 2.24) is 10.2 Å². The van der Waals surface area contributed by atoms with Gasteiger partial charge in [0, 0.05) is 11.8 Å². The Balaban J connectivity index is 2.15. The highest BCUT2D eigenvalue weighted by Gasteiger charge is 2.09. The molecule has 17 heavy (non-hydrogen) atoms. The highest BCUT2D eigenvalue weighted by molar-refractivity contribution is 6.03. The van der Waals surface area contributed by atoms with Gasteiger partial charge in [-0.2, -0.15) is 5.10 Å². The molecule has 0 radical (unpaired) electrons. The number of amides is 1. The zero-order valence-electron chi connectivity index (χ0n) is 9.74. The summed E-state index contributed by atoms with van der Waals surface area (Å²) in [7, 11) is 0. The maximum absolute atomic E-state index is 11.8. The Morgan fingerprint density at radius 1 is 1.29 bits per heavy atom. The van der Waals surface area contributed by atoms with Crippen LogP contribution in [0.3, 0.4) is 0 Å². The second kappa shape index (κ2) is 4.29. The molecule has 0 aliphatic rings. The van der Waals surface area contributed by atoms with Crippen molar-refractivity contribution in [2.75, 3.05) is 11.1 Å². The van der Waals surface area contributed by atoms with Gasteiger partial charge in [-0.1, -0.05) is 6.07 Å². The third-order valence-electron chi connectivity index (χ3n) is 2.61. The van der Waals surface area contributed by atoms with Crippen molar-refractivity contribution in [2.45, 2.75) is 13.8 Å². The molecule has 88 valence electrons. The van der Waals surface area contributed by atoms with Gasteiger partial charge in [0.2, 0.25) is 0 Å². The fraction of sp³-hybridized carbons (Fsp3) is 0.167. The van der Waals surface area contributed by atoms with E-state index in [2.05, 4.69) is 15.5 Å². The number of benzene rings is 1. The molecular formula is C12H14N4O. The first kappa shape index (κ1) is 11.2. The number of nitrogens with two attached hydrogens (primary N) is 1. The Morgan fingerprint density at radius 3 is 2.65 bits per heavy atom. The average molecular weight is 230 g/mol. The van der Waals surface area contributed by atoms with Gasteiger partial charge in [0.25, 0.3) is 5.91 Å². The number of carbonyl (C=O) groups excluding carboxylic acids is 1. The first-order valence-corrected chi connectivity index (χ1v) is 5.26. The Hall–Kier alpha value is -2.30. The van der Waals surface area contributed by atoms with E-state index in [-0.39, 0.29) is 5.91 Å². The molecular weight excluding hydrogens is 216 g/mol. The van der Waals surface area contributed by atoms with Crippen LogP contribution in [0, 0.1) is 13.8 Å². The van der Waals surface area contributed by atoms with Crippen molar-refractivity contribution in [3.63, 3.8) is 0 Å². The van der Waals surface area contributed by atoms with E-state index in [0.29, 0.717) is 11.5 Å². The summed E-state index contributed by atoms with van der Waals surface area (Å²) in [5.74, 6) is 0.0488. The first-order valence-electron chi connectivity index (χ1n) is 5.26. The Morgan fingerprint density at radius 2 is 2.06 bits per heavy atom. The van der Waals surface area contributed by atoms with Crippen LogP contribution in [0.1, 0.15) is 21.6 Å². The number of hydrogen-bond acceptors (Lipinski definition) is 3. The number of nitrogens with zero attached hydrogens (tertiary/aromatic N) is 1. The molecule has 2 aromatic rings. The fourth-order valence-electron chi connectivity index (χ4n) is 1.47. The molecule has 1 aromatic heterocycles. The summed E-state index contributed by atoms with van der Waals surface area (Å²) in [5.41, 5.74) is 8.86. The van der Waals surface area contributed by atoms with Crippen molar-refractivity contribution in [1.29, 1.82) is 0 Å². The van der Waals surface area contributed by atoms with Gasteiger partial charge in [0.15, 0.2) is 0 Å². The third-order valence-corrected chi connectivity index (χ3v) is 2.61. The van der Waals surface area contributed by atoms with Crippen LogP contribution in [0.15, 0.2) is 24.3 Å². The molecule has 5 nitrogen and oxygen atoms in total. The number of nitrogens with one attached hydrogen (secondary N) is 2. The summed E-state index contributed by atoms with van der Waals surface area (Å²) in [4.78, 5) is 11.8. The van der Waals surface area contributed by atoms with Crippen LogP contribution < -0.4 is 11.1 Å². The number of anilines is 2. The van der Waals surface area contributed by atoms with E-state index in [9.17, 15) is 4.79 Å². The molecule has 4 N–H and O–H groups in total. The smallest absolute Gasteiger partial charge is 0.273 e. The standard InChI is InChI=1S/C12H14N4O/c1-7-3-4-9(5-8(7)2)14-12(17)10-6-11(13)16-15-10/h3-6H,1-2H3,(H,14,17)(H3,13,15,16). The van der Waals surface area contributed by atoms with Gasteiger partial charge in [-0.05, 0) is 37.1 Å². The number of nitrogen functional groups attached to an aromatic ring is 1. The molecule has 0 aliphatic heterocycles. The minimum absolute atomic E-state index is 0.252. The second-order valence-corrected chi connectivity index (χ2v) is 3.96. The lowest BCUT2D eigenvalue weighted by Gasteiger charge is -2.06. The molecule has 1 aromatic carbocycles. The number of aromatic nitrogens is 2. The van der Waals surface area contributed by atoms with E-state index >= 15 is 0 Å². The van der Waals surface area contributed by atoms with Crippen LogP contribution >= 0.6 is 0 Å². The van der Waals surface area contributed by atoms with E-state index in [0.717, 1.165) is 11.3 Å². The summed E-state index contributed by atoms with van der Waals surface area (Å²) >= 11 is 0. The van der Waals surface area contributed by atoms with Crippen molar-refractivity contribution in [3.8, 4) is 0 Å². The Bertz CT molecular complexity index is 559. The van der Waals surface area contributed by atoms with E-state index in [4.69, 9.17) is 5.73 Å². The summed E-state index contributed by atoms with van der Waals surface area (Å²) in [6, 6.07) is 7.25. The van der Waals surface area contributed by atoms with Gasteiger partial charge >= 0.3 is 0 Å². The van der Waals surface area contributed by atoms with Gasteiger partial charge in [-0.15, -0.1) is 0 Å². The maximum atomic E-state index is 11.8. The number of H-pyrrole nitrogens is 1. The van der Waals surface area contributed by atoms with Crippen LogP contribution in [-0.4, -0.2) is 16.1 Å². The van der Waals surface area contributed by atoms with Crippen LogP contribution in [0.5, 0.6) is 0 Å². The van der Waals surface area contributed by atoms with Crippen molar-refractivity contribution in [3.05, 3.63) is 41.1 Å². The summed E-state index contributed by atoms with van der Waals surface area (Å²) in [6.07, 6.45) is 0. The molecule has 0 saturated carbocycles. The lowest BCUT2D eigenvalue weighted by molar-refractivity contribution is 0.102. The lowest BCUT2D eigenvalue weighted by Crippen LogP contribution is -2.12. The zero-order chi connectivity index (χ0) is 12.4. The molecule has 0 aliphatic carbocycles. The Kier molecular flexibility index (Phi) is 2.82. The number of rotatable bonds is 2. The molecule has 5 heteroatoms. The minimum Gasteiger partial charge on any atom is -0.382 e. The molecule has 0 bridgehead atoms. The third kappa shape index (κ3) is 2.44. The lowest BCUT2D eigenvalue weighted by atomic mass is 10.1. The maximum Gasteiger partial charge on any atom is 0.273 e. The van der Waals surface area contributed by atoms with Gasteiger partial charge < -0.3 is 11.1 Å². The minimum atomic E-state index is -0.252. The molecule has 1 heterocycles.